The number of alkyl halides is 2. The van der Waals surface area contributed by atoms with Gasteiger partial charge in [-0.1, -0.05) is 12.1 Å². The van der Waals surface area contributed by atoms with Gasteiger partial charge in [0.25, 0.3) is 0 Å². The van der Waals surface area contributed by atoms with Gasteiger partial charge in [-0.2, -0.15) is 0 Å². The Morgan fingerprint density at radius 1 is 1.05 bits per heavy atom. The predicted octanol–water partition coefficient (Wildman–Crippen LogP) is 2.45. The van der Waals surface area contributed by atoms with Gasteiger partial charge < -0.3 is 5.73 Å². The third kappa shape index (κ3) is 3.12. The van der Waals surface area contributed by atoms with Gasteiger partial charge in [-0.3, -0.25) is 0 Å². The fourth-order valence-corrected chi connectivity index (χ4v) is 3.02. The van der Waals surface area contributed by atoms with Gasteiger partial charge in [-0.15, -0.1) is 0 Å². The molecule has 1 aromatic rings. The van der Waals surface area contributed by atoms with E-state index >= 15 is 0 Å². The van der Waals surface area contributed by atoms with E-state index in [0.717, 1.165) is 11.8 Å². The normalized spacial score (nSPS) is 22.1. The maximum atomic E-state index is 13.1. The molecule has 0 bridgehead atoms. The zero-order valence-electron chi connectivity index (χ0n) is 10.7. The summed E-state index contributed by atoms with van der Waals surface area (Å²) in [6, 6.07) is 6.21. The van der Waals surface area contributed by atoms with Crippen molar-refractivity contribution in [2.75, 3.05) is 6.26 Å². The van der Waals surface area contributed by atoms with E-state index in [2.05, 4.69) is 0 Å². The van der Waals surface area contributed by atoms with Crippen molar-refractivity contribution in [2.24, 2.45) is 5.73 Å². The minimum Gasteiger partial charge on any atom is -0.321 e. The van der Waals surface area contributed by atoms with Crippen molar-refractivity contribution in [3.8, 4) is 0 Å². The maximum Gasteiger partial charge on any atom is 0.248 e. The van der Waals surface area contributed by atoms with Gasteiger partial charge in [0.15, 0.2) is 9.84 Å². The molecule has 106 valence electrons. The Hall–Kier alpha value is -1.01. The van der Waals surface area contributed by atoms with Gasteiger partial charge in [0.2, 0.25) is 5.92 Å². The van der Waals surface area contributed by atoms with Crippen LogP contribution in [0.25, 0.3) is 0 Å². The molecule has 19 heavy (non-hydrogen) atoms. The van der Waals surface area contributed by atoms with Crippen LogP contribution in [0.4, 0.5) is 8.78 Å². The first-order valence-electron chi connectivity index (χ1n) is 6.10. The van der Waals surface area contributed by atoms with E-state index in [0.29, 0.717) is 0 Å². The molecule has 2 rings (SSSR count). The molecule has 0 saturated heterocycles. The average molecular weight is 289 g/mol. The summed E-state index contributed by atoms with van der Waals surface area (Å²) in [5, 5.41) is 0. The Morgan fingerprint density at radius 2 is 1.53 bits per heavy atom. The third-order valence-corrected chi connectivity index (χ3v) is 4.86. The third-order valence-electron chi connectivity index (χ3n) is 3.73. The van der Waals surface area contributed by atoms with Gasteiger partial charge in [0.1, 0.15) is 0 Å². The summed E-state index contributed by atoms with van der Waals surface area (Å²) >= 11 is 0. The minimum absolute atomic E-state index is 0.207. The molecule has 0 aromatic heterocycles. The number of rotatable bonds is 2. The quantitative estimate of drug-likeness (QED) is 0.909. The number of hydrogen-bond donors (Lipinski definition) is 1. The Labute approximate surface area is 111 Å². The predicted molar refractivity (Wildman–Crippen MR) is 68.8 cm³/mol. The zero-order chi connectivity index (χ0) is 14.3. The van der Waals surface area contributed by atoms with Gasteiger partial charge in [0, 0.05) is 24.6 Å². The number of benzene rings is 1. The lowest BCUT2D eigenvalue weighted by molar-refractivity contribution is -0.0514. The lowest BCUT2D eigenvalue weighted by Gasteiger charge is -2.37. The second-order valence-corrected chi connectivity index (χ2v) is 7.32. The van der Waals surface area contributed by atoms with Crippen molar-refractivity contribution in [3.63, 3.8) is 0 Å². The number of sulfone groups is 1. The molecule has 0 unspecified atom stereocenters. The molecular formula is C13H17F2NO2S. The highest BCUT2D eigenvalue weighted by atomic mass is 32.2. The molecule has 3 nitrogen and oxygen atoms in total. The van der Waals surface area contributed by atoms with Crippen LogP contribution in [0.15, 0.2) is 29.2 Å². The van der Waals surface area contributed by atoms with Crippen LogP contribution in [0, 0.1) is 0 Å². The highest BCUT2D eigenvalue weighted by Crippen LogP contribution is 2.42. The second-order valence-electron chi connectivity index (χ2n) is 5.31. The molecule has 0 amide bonds. The van der Waals surface area contributed by atoms with Crippen molar-refractivity contribution < 1.29 is 17.2 Å². The summed E-state index contributed by atoms with van der Waals surface area (Å²) in [4.78, 5) is 0.209. The van der Waals surface area contributed by atoms with E-state index in [1.807, 2.05) is 0 Å². The first-order valence-corrected chi connectivity index (χ1v) is 7.99. The van der Waals surface area contributed by atoms with Crippen LogP contribution in [-0.4, -0.2) is 20.6 Å². The SMILES string of the molecule is CS(=O)(=O)c1ccc(C2(N)CCC(F)(F)CC2)cc1. The van der Waals surface area contributed by atoms with E-state index in [4.69, 9.17) is 5.73 Å². The Bertz CT molecular complexity index is 557. The molecule has 2 N–H and O–H groups in total. The summed E-state index contributed by atoms with van der Waals surface area (Å²) in [6.45, 7) is 0. The van der Waals surface area contributed by atoms with Crippen LogP contribution < -0.4 is 5.73 Å². The smallest absolute Gasteiger partial charge is 0.248 e. The summed E-state index contributed by atoms with van der Waals surface area (Å²) < 4.78 is 49.0. The minimum atomic E-state index is -3.25. The Morgan fingerprint density at radius 3 is 1.95 bits per heavy atom. The highest BCUT2D eigenvalue weighted by molar-refractivity contribution is 7.90. The summed E-state index contributed by atoms with van der Waals surface area (Å²) in [5.41, 5.74) is 6.12. The molecular weight excluding hydrogens is 272 g/mol. The first kappa shape index (κ1) is 14.4. The van der Waals surface area contributed by atoms with E-state index in [1.54, 1.807) is 12.1 Å². The summed E-state index contributed by atoms with van der Waals surface area (Å²) in [5.74, 6) is -2.63. The van der Waals surface area contributed by atoms with Crippen molar-refractivity contribution >= 4 is 9.84 Å². The van der Waals surface area contributed by atoms with Crippen molar-refractivity contribution in [1.82, 2.24) is 0 Å². The number of hydrogen-bond acceptors (Lipinski definition) is 3. The molecule has 0 spiro atoms. The lowest BCUT2D eigenvalue weighted by Crippen LogP contribution is -2.43. The number of halogens is 2. The Kier molecular flexibility index (Phi) is 3.43. The molecule has 0 heterocycles. The molecule has 6 heteroatoms. The van der Waals surface area contributed by atoms with Crippen LogP contribution >= 0.6 is 0 Å². The van der Waals surface area contributed by atoms with Gasteiger partial charge >= 0.3 is 0 Å². The standard InChI is InChI=1S/C13H17F2NO2S/c1-19(17,18)11-4-2-10(3-5-11)12(16)6-8-13(14,15)9-7-12/h2-5H,6-9,16H2,1H3. The van der Waals surface area contributed by atoms with E-state index < -0.39 is 21.3 Å². The van der Waals surface area contributed by atoms with E-state index in [-0.39, 0.29) is 30.6 Å². The zero-order valence-corrected chi connectivity index (χ0v) is 11.5. The molecule has 1 aromatic carbocycles. The largest absolute Gasteiger partial charge is 0.321 e. The fraction of sp³-hybridized carbons (Fsp3) is 0.538. The fourth-order valence-electron chi connectivity index (χ4n) is 2.38. The molecule has 0 radical (unpaired) electrons. The summed E-state index contributed by atoms with van der Waals surface area (Å²) in [6.07, 6.45) is 1.09. The lowest BCUT2D eigenvalue weighted by atomic mass is 9.76. The highest BCUT2D eigenvalue weighted by Gasteiger charge is 2.42. The van der Waals surface area contributed by atoms with Crippen molar-refractivity contribution in [1.29, 1.82) is 0 Å². The van der Waals surface area contributed by atoms with E-state index in [9.17, 15) is 17.2 Å². The van der Waals surface area contributed by atoms with Crippen LogP contribution in [0.5, 0.6) is 0 Å². The van der Waals surface area contributed by atoms with Crippen LogP contribution in [0.3, 0.4) is 0 Å². The molecule has 1 saturated carbocycles. The molecule has 1 fully saturated rings. The maximum absolute atomic E-state index is 13.1. The molecule has 0 aliphatic heterocycles. The average Bonchev–Trinajstić information content (AvgIpc) is 2.33. The van der Waals surface area contributed by atoms with Gasteiger partial charge in [0.05, 0.1) is 4.90 Å². The molecule has 0 atom stereocenters. The summed E-state index contributed by atoms with van der Waals surface area (Å²) in [7, 11) is -3.25. The van der Waals surface area contributed by atoms with Gasteiger partial charge in [-0.25, -0.2) is 17.2 Å². The number of nitrogens with two attached hydrogens (primary N) is 1. The van der Waals surface area contributed by atoms with Crippen LogP contribution in [-0.2, 0) is 15.4 Å². The van der Waals surface area contributed by atoms with Crippen molar-refractivity contribution in [3.05, 3.63) is 29.8 Å². The molecule has 1 aliphatic carbocycles. The molecule has 1 aliphatic rings. The van der Waals surface area contributed by atoms with Crippen LogP contribution in [0.1, 0.15) is 31.2 Å². The topological polar surface area (TPSA) is 60.2 Å². The van der Waals surface area contributed by atoms with Crippen LogP contribution in [0.2, 0.25) is 0 Å². The van der Waals surface area contributed by atoms with Gasteiger partial charge in [-0.05, 0) is 30.5 Å². The monoisotopic (exact) mass is 289 g/mol. The Balaban J connectivity index is 2.23. The second kappa shape index (κ2) is 4.52. The van der Waals surface area contributed by atoms with E-state index in [1.165, 1.54) is 12.1 Å². The van der Waals surface area contributed by atoms with Crippen molar-refractivity contribution in [2.45, 2.75) is 42.0 Å². The first-order chi connectivity index (χ1) is 8.62.